The number of methoxy groups -OCH3 is 1. The highest BCUT2D eigenvalue weighted by Gasteiger charge is 2.52. The van der Waals surface area contributed by atoms with Crippen molar-refractivity contribution in [2.45, 2.75) is 76.7 Å². The van der Waals surface area contributed by atoms with Crippen LogP contribution in [-0.2, 0) is 20.9 Å². The molecule has 224 valence electrons. The lowest BCUT2D eigenvalue weighted by Crippen LogP contribution is -2.66. The van der Waals surface area contributed by atoms with E-state index in [1.165, 1.54) is 7.11 Å². The van der Waals surface area contributed by atoms with Crippen LogP contribution in [-0.4, -0.2) is 67.1 Å². The Labute approximate surface area is 247 Å². The number of ether oxygens (including phenoxy) is 4. The number of benzene rings is 2. The number of rotatable bonds is 15. The number of amides is 2. The smallest absolute Gasteiger partial charge is 0.329 e. The van der Waals surface area contributed by atoms with Crippen LogP contribution in [0, 0.1) is 0 Å². The molecule has 4 rings (SSSR count). The van der Waals surface area contributed by atoms with Crippen molar-refractivity contribution in [3.05, 3.63) is 58.1 Å². The fourth-order valence-electron chi connectivity index (χ4n) is 5.32. The molecule has 0 bridgehead atoms. The number of carbonyl (C=O) groups is 2. The number of aliphatic carboxylic acids is 1. The lowest BCUT2D eigenvalue weighted by Gasteiger charge is -2.45. The van der Waals surface area contributed by atoms with Crippen molar-refractivity contribution in [1.29, 1.82) is 0 Å². The third kappa shape index (κ3) is 7.08. The fourth-order valence-corrected chi connectivity index (χ4v) is 5.69. The molecule has 10 heteroatoms. The molecule has 2 aromatic rings. The number of halogens is 1. The van der Waals surface area contributed by atoms with E-state index in [2.05, 4.69) is 5.32 Å². The summed E-state index contributed by atoms with van der Waals surface area (Å²) in [5.41, 5.74) is 1.26. The van der Waals surface area contributed by atoms with E-state index in [0.29, 0.717) is 47.8 Å². The molecule has 41 heavy (non-hydrogen) atoms. The molecule has 2 amide bonds. The molecule has 0 radical (unpaired) electrons. The van der Waals surface area contributed by atoms with E-state index >= 15 is 0 Å². The van der Waals surface area contributed by atoms with Gasteiger partial charge in [-0.3, -0.25) is 0 Å². The number of hydrogen-bond donors (Lipinski definition) is 2. The van der Waals surface area contributed by atoms with E-state index < -0.39 is 23.6 Å². The highest BCUT2D eigenvalue weighted by atomic mass is 35.5. The summed E-state index contributed by atoms with van der Waals surface area (Å²) in [6.07, 6.45) is 2.24. The zero-order valence-electron chi connectivity index (χ0n) is 24.3. The molecule has 1 unspecified atom stereocenters. The first-order valence-corrected chi connectivity index (χ1v) is 14.7. The van der Waals surface area contributed by atoms with Gasteiger partial charge < -0.3 is 34.3 Å². The van der Waals surface area contributed by atoms with Crippen molar-refractivity contribution in [3.8, 4) is 11.5 Å². The molecule has 2 aliphatic rings. The Balaban J connectivity index is 1.62. The van der Waals surface area contributed by atoms with Gasteiger partial charge in [0.1, 0.15) is 17.0 Å². The van der Waals surface area contributed by atoms with Gasteiger partial charge in [0.25, 0.3) is 0 Å². The second kappa shape index (κ2) is 13.8. The lowest BCUT2D eigenvalue weighted by molar-refractivity contribution is -0.155. The topological polar surface area (TPSA) is 107 Å². The fraction of sp³-hybridized carbons (Fsp3) is 0.548. The van der Waals surface area contributed by atoms with Gasteiger partial charge in [-0.15, -0.1) is 0 Å². The molecule has 0 heterocycles. The van der Waals surface area contributed by atoms with E-state index in [1.807, 2.05) is 57.2 Å². The number of carboxylic acid groups (broad SMARTS) is 1. The maximum atomic E-state index is 13.8. The van der Waals surface area contributed by atoms with Gasteiger partial charge in [-0.05, 0) is 51.2 Å². The molecular formula is C31H41ClN2O7. The van der Waals surface area contributed by atoms with Gasteiger partial charge in [-0.2, -0.15) is 0 Å². The number of urea groups is 1. The van der Waals surface area contributed by atoms with E-state index in [9.17, 15) is 14.7 Å². The first-order valence-electron chi connectivity index (χ1n) is 14.3. The van der Waals surface area contributed by atoms with Crippen LogP contribution in [0.25, 0.3) is 0 Å². The van der Waals surface area contributed by atoms with Crippen molar-refractivity contribution in [2.75, 3.05) is 33.5 Å². The Morgan fingerprint density at radius 2 is 1.83 bits per heavy atom. The Bertz CT molecular complexity index is 1200. The number of nitrogens with one attached hydrogen (secondary N) is 1. The molecule has 9 nitrogen and oxygen atoms in total. The van der Waals surface area contributed by atoms with Crippen molar-refractivity contribution in [1.82, 2.24) is 10.2 Å². The number of carboxylic acids is 1. The van der Waals surface area contributed by atoms with Crippen molar-refractivity contribution < 1.29 is 33.6 Å². The molecule has 0 aromatic heterocycles. The van der Waals surface area contributed by atoms with Crippen LogP contribution in [0.1, 0.15) is 75.1 Å². The lowest BCUT2D eigenvalue weighted by atomic mass is 9.74. The number of hydrogen-bond acceptors (Lipinski definition) is 6. The number of carbonyl (C=O) groups excluding carboxylic acids is 1. The molecule has 2 saturated carbocycles. The van der Waals surface area contributed by atoms with E-state index in [4.69, 9.17) is 30.5 Å². The SMILES string of the molecule is CCOc1cc(C(C)N(CCOCc2ccccc2)C(=O)NC2(C(=O)O)CC(OC)C2)c(Cl)c(OCC)c1C1CC1. The summed E-state index contributed by atoms with van der Waals surface area (Å²) in [7, 11) is 1.54. The molecule has 2 fully saturated rings. The Kier molecular flexibility index (Phi) is 10.4. The predicted octanol–water partition coefficient (Wildman–Crippen LogP) is 5.94. The minimum atomic E-state index is -1.40. The highest BCUT2D eigenvalue weighted by molar-refractivity contribution is 6.33. The van der Waals surface area contributed by atoms with E-state index in [1.54, 1.807) is 4.90 Å². The minimum Gasteiger partial charge on any atom is -0.493 e. The summed E-state index contributed by atoms with van der Waals surface area (Å²) in [4.78, 5) is 27.6. The van der Waals surface area contributed by atoms with Gasteiger partial charge >= 0.3 is 12.0 Å². The van der Waals surface area contributed by atoms with Crippen LogP contribution in [0.2, 0.25) is 5.02 Å². The molecule has 2 N–H and O–H groups in total. The van der Waals surface area contributed by atoms with Crippen molar-refractivity contribution >= 4 is 23.6 Å². The predicted molar refractivity (Wildman–Crippen MR) is 156 cm³/mol. The second-order valence-electron chi connectivity index (χ2n) is 10.7. The van der Waals surface area contributed by atoms with Crippen LogP contribution >= 0.6 is 11.6 Å². The third-order valence-corrected chi connectivity index (χ3v) is 8.22. The summed E-state index contributed by atoms with van der Waals surface area (Å²) in [5, 5.41) is 13.2. The molecule has 2 aliphatic carbocycles. The van der Waals surface area contributed by atoms with Crippen LogP contribution in [0.5, 0.6) is 11.5 Å². The van der Waals surface area contributed by atoms with Gasteiger partial charge in [0, 0.05) is 37.6 Å². The minimum absolute atomic E-state index is 0.192. The van der Waals surface area contributed by atoms with Crippen molar-refractivity contribution in [3.63, 3.8) is 0 Å². The van der Waals surface area contributed by atoms with Crippen LogP contribution in [0.4, 0.5) is 4.79 Å². The van der Waals surface area contributed by atoms with Gasteiger partial charge in [-0.25, -0.2) is 9.59 Å². The zero-order chi connectivity index (χ0) is 29.6. The van der Waals surface area contributed by atoms with E-state index in [0.717, 1.165) is 24.0 Å². The molecule has 0 spiro atoms. The first-order chi connectivity index (χ1) is 19.7. The average molecular weight is 589 g/mol. The Hall–Kier alpha value is -3.01. The standard InChI is InChI=1S/C31H41ClN2O7/c1-5-40-25-16-24(27(32)28(41-6-2)26(25)22-12-13-22)20(3)34(14-15-39-19-21-10-8-7-9-11-21)30(37)33-31(29(35)36)17-23(18-31)38-4/h7-11,16,20,22-23H,5-6,12-15,17-19H2,1-4H3,(H,33,37)(H,35,36). The summed E-state index contributed by atoms with van der Waals surface area (Å²) < 4.78 is 23.3. The normalized spacial score (nSPS) is 20.6. The molecule has 1 atom stereocenters. The molecular weight excluding hydrogens is 548 g/mol. The Morgan fingerprint density at radius 3 is 2.41 bits per heavy atom. The van der Waals surface area contributed by atoms with Gasteiger partial charge in [0.2, 0.25) is 0 Å². The quantitative estimate of drug-likeness (QED) is 0.248. The zero-order valence-corrected chi connectivity index (χ0v) is 25.0. The summed E-state index contributed by atoms with van der Waals surface area (Å²) in [6, 6.07) is 10.6. The molecule has 0 aliphatic heterocycles. The summed E-state index contributed by atoms with van der Waals surface area (Å²) >= 11 is 7.00. The third-order valence-electron chi connectivity index (χ3n) is 7.83. The summed E-state index contributed by atoms with van der Waals surface area (Å²) in [6.45, 7) is 7.44. The Morgan fingerprint density at radius 1 is 1.15 bits per heavy atom. The monoisotopic (exact) mass is 588 g/mol. The highest BCUT2D eigenvalue weighted by Crippen LogP contribution is 2.53. The molecule has 2 aromatic carbocycles. The van der Waals surface area contributed by atoms with Gasteiger partial charge in [-0.1, -0.05) is 41.9 Å². The van der Waals surface area contributed by atoms with E-state index in [-0.39, 0.29) is 32.1 Å². The summed E-state index contributed by atoms with van der Waals surface area (Å²) in [5.74, 6) is 0.535. The first kappa shape index (κ1) is 30.9. The van der Waals surface area contributed by atoms with Crippen molar-refractivity contribution in [2.24, 2.45) is 0 Å². The van der Waals surface area contributed by atoms with Crippen LogP contribution in [0.3, 0.4) is 0 Å². The van der Waals surface area contributed by atoms with Gasteiger partial charge in [0.15, 0.2) is 0 Å². The van der Waals surface area contributed by atoms with Crippen LogP contribution in [0.15, 0.2) is 36.4 Å². The molecule has 0 saturated heterocycles. The second-order valence-corrected chi connectivity index (χ2v) is 11.0. The average Bonchev–Trinajstić information content (AvgIpc) is 3.77. The maximum absolute atomic E-state index is 13.8. The largest absolute Gasteiger partial charge is 0.493 e. The number of nitrogens with zero attached hydrogens (tertiary/aromatic N) is 1. The van der Waals surface area contributed by atoms with Gasteiger partial charge in [0.05, 0.1) is 43.6 Å². The maximum Gasteiger partial charge on any atom is 0.329 e. The van der Waals surface area contributed by atoms with Crippen LogP contribution < -0.4 is 14.8 Å².